The lowest BCUT2D eigenvalue weighted by Crippen LogP contribution is -2.17. The van der Waals surface area contributed by atoms with Gasteiger partial charge in [-0.2, -0.15) is 0 Å². The van der Waals surface area contributed by atoms with Gasteiger partial charge in [0.15, 0.2) is 0 Å². The smallest absolute Gasteiger partial charge is 0.129 e. The molecule has 5 heteroatoms. The highest BCUT2D eigenvalue weighted by Gasteiger charge is 2.06. The molecule has 0 atom stereocenters. The molecule has 0 aliphatic carbocycles. The van der Waals surface area contributed by atoms with Crippen LogP contribution < -0.4 is 10.1 Å². The van der Waals surface area contributed by atoms with Crippen LogP contribution in [-0.2, 0) is 19.6 Å². The van der Waals surface area contributed by atoms with Gasteiger partial charge >= 0.3 is 0 Å². The predicted octanol–water partition coefficient (Wildman–Crippen LogP) is 5.30. The molecule has 2 nitrogen and oxygen atoms in total. The third-order valence-corrected chi connectivity index (χ3v) is 4.16. The van der Waals surface area contributed by atoms with Gasteiger partial charge in [-0.15, -0.1) is 12.4 Å². The van der Waals surface area contributed by atoms with Gasteiger partial charge in [-0.1, -0.05) is 54.6 Å². The van der Waals surface area contributed by atoms with Crippen LogP contribution in [-0.4, -0.2) is 6.54 Å². The SMILES string of the molecule is Cl.Fc1ccccc1CCNCc1ccccc1OCc1ccccc1F. The third kappa shape index (κ3) is 6.05. The van der Waals surface area contributed by atoms with Crippen LogP contribution in [0, 0.1) is 11.6 Å². The van der Waals surface area contributed by atoms with E-state index in [2.05, 4.69) is 5.32 Å². The van der Waals surface area contributed by atoms with E-state index in [4.69, 9.17) is 4.74 Å². The Hall–Kier alpha value is -2.43. The summed E-state index contributed by atoms with van der Waals surface area (Å²) in [4.78, 5) is 0. The molecule has 3 aromatic rings. The molecule has 0 aliphatic heterocycles. The van der Waals surface area contributed by atoms with E-state index in [0.29, 0.717) is 36.4 Å². The van der Waals surface area contributed by atoms with Crippen molar-refractivity contribution in [1.29, 1.82) is 0 Å². The first-order valence-electron chi connectivity index (χ1n) is 8.62. The minimum Gasteiger partial charge on any atom is -0.488 e. The fraction of sp³-hybridized carbons (Fsp3) is 0.182. The summed E-state index contributed by atoms with van der Waals surface area (Å²) in [5, 5.41) is 3.31. The number of halogens is 3. The van der Waals surface area contributed by atoms with Crippen LogP contribution in [0.2, 0.25) is 0 Å². The van der Waals surface area contributed by atoms with Crippen LogP contribution in [0.3, 0.4) is 0 Å². The van der Waals surface area contributed by atoms with Crippen molar-refractivity contribution in [2.24, 2.45) is 0 Å². The van der Waals surface area contributed by atoms with E-state index in [1.54, 1.807) is 30.3 Å². The van der Waals surface area contributed by atoms with Gasteiger partial charge in [-0.25, -0.2) is 8.78 Å². The Morgan fingerprint density at radius 2 is 1.26 bits per heavy atom. The first-order valence-corrected chi connectivity index (χ1v) is 8.62. The van der Waals surface area contributed by atoms with E-state index >= 15 is 0 Å². The van der Waals surface area contributed by atoms with Gasteiger partial charge in [0.2, 0.25) is 0 Å². The average Bonchev–Trinajstić information content (AvgIpc) is 2.67. The van der Waals surface area contributed by atoms with Crippen molar-refractivity contribution >= 4 is 12.4 Å². The monoisotopic (exact) mass is 389 g/mol. The van der Waals surface area contributed by atoms with Crippen LogP contribution in [0.5, 0.6) is 5.75 Å². The van der Waals surface area contributed by atoms with Crippen molar-refractivity contribution in [3.05, 3.63) is 101 Å². The van der Waals surface area contributed by atoms with Gasteiger partial charge in [0, 0.05) is 17.7 Å². The Morgan fingerprint density at radius 3 is 1.93 bits per heavy atom. The lowest BCUT2D eigenvalue weighted by Gasteiger charge is -2.13. The van der Waals surface area contributed by atoms with Gasteiger partial charge in [0.05, 0.1) is 0 Å². The highest BCUT2D eigenvalue weighted by molar-refractivity contribution is 5.85. The molecule has 0 spiro atoms. The number of ether oxygens (including phenoxy) is 1. The second kappa shape index (κ2) is 10.7. The highest BCUT2D eigenvalue weighted by Crippen LogP contribution is 2.20. The molecular formula is C22H22ClF2NO. The lowest BCUT2D eigenvalue weighted by molar-refractivity contribution is 0.296. The maximum absolute atomic E-state index is 13.7. The van der Waals surface area contributed by atoms with Crippen LogP contribution in [0.1, 0.15) is 16.7 Å². The van der Waals surface area contributed by atoms with Gasteiger partial charge in [-0.05, 0) is 36.7 Å². The van der Waals surface area contributed by atoms with Crippen LogP contribution >= 0.6 is 12.4 Å². The fourth-order valence-electron chi connectivity index (χ4n) is 2.71. The number of rotatable bonds is 8. The van der Waals surface area contributed by atoms with E-state index in [1.165, 1.54) is 12.1 Å². The first kappa shape index (κ1) is 20.9. The Morgan fingerprint density at radius 1 is 0.704 bits per heavy atom. The molecule has 0 aromatic heterocycles. The largest absolute Gasteiger partial charge is 0.488 e. The zero-order chi connectivity index (χ0) is 18.2. The minimum atomic E-state index is -0.270. The summed E-state index contributed by atoms with van der Waals surface area (Å²) in [6.45, 7) is 1.43. The normalized spacial score (nSPS) is 10.3. The van der Waals surface area contributed by atoms with Crippen molar-refractivity contribution in [1.82, 2.24) is 5.32 Å². The average molecular weight is 390 g/mol. The first-order chi connectivity index (χ1) is 12.7. The quantitative estimate of drug-likeness (QED) is 0.528. The molecule has 0 aliphatic rings. The number of hydrogen-bond donors (Lipinski definition) is 1. The zero-order valence-corrected chi connectivity index (χ0v) is 15.6. The number of para-hydroxylation sites is 1. The number of hydrogen-bond acceptors (Lipinski definition) is 2. The summed E-state index contributed by atoms with van der Waals surface area (Å²) in [7, 11) is 0. The van der Waals surface area contributed by atoms with Crippen LogP contribution in [0.25, 0.3) is 0 Å². The summed E-state index contributed by atoms with van der Waals surface area (Å²) >= 11 is 0. The Labute approximate surface area is 164 Å². The van der Waals surface area contributed by atoms with E-state index < -0.39 is 0 Å². The topological polar surface area (TPSA) is 21.3 Å². The number of benzene rings is 3. The second-order valence-electron chi connectivity index (χ2n) is 6.01. The summed E-state index contributed by atoms with van der Waals surface area (Å²) in [6, 6.07) is 21.0. The van der Waals surface area contributed by atoms with E-state index in [9.17, 15) is 8.78 Å². The summed E-state index contributed by atoms with van der Waals surface area (Å²) in [6.07, 6.45) is 0.616. The summed E-state index contributed by atoms with van der Waals surface area (Å²) < 4.78 is 33.1. The van der Waals surface area contributed by atoms with Gasteiger partial charge in [0.25, 0.3) is 0 Å². The molecule has 0 bridgehead atoms. The van der Waals surface area contributed by atoms with Gasteiger partial charge < -0.3 is 10.1 Å². The molecular weight excluding hydrogens is 368 g/mol. The molecule has 0 radical (unpaired) electrons. The highest BCUT2D eigenvalue weighted by atomic mass is 35.5. The molecule has 27 heavy (non-hydrogen) atoms. The third-order valence-electron chi connectivity index (χ3n) is 4.16. The standard InChI is InChI=1S/C22H21F2NO.ClH/c23-20-10-4-1-7-17(20)13-14-25-15-18-8-3-6-12-22(18)26-16-19-9-2-5-11-21(19)24;/h1-12,25H,13-16H2;1H. The van der Waals surface area contributed by atoms with Crippen molar-refractivity contribution in [2.45, 2.75) is 19.6 Å². The molecule has 0 unspecified atom stereocenters. The maximum Gasteiger partial charge on any atom is 0.129 e. The van der Waals surface area contributed by atoms with Crippen molar-refractivity contribution in [2.75, 3.05) is 6.54 Å². The molecule has 3 aromatic carbocycles. The van der Waals surface area contributed by atoms with Gasteiger partial charge in [-0.3, -0.25) is 0 Å². The van der Waals surface area contributed by atoms with Crippen molar-refractivity contribution in [3.8, 4) is 5.75 Å². The summed E-state index contributed by atoms with van der Waals surface area (Å²) in [5.41, 5.74) is 2.20. The molecule has 0 fully saturated rings. The van der Waals surface area contributed by atoms with Gasteiger partial charge in [0.1, 0.15) is 24.0 Å². The molecule has 0 saturated carbocycles. The van der Waals surface area contributed by atoms with E-state index in [0.717, 1.165) is 5.56 Å². The molecule has 0 amide bonds. The lowest BCUT2D eigenvalue weighted by atomic mass is 10.1. The minimum absolute atomic E-state index is 0. The van der Waals surface area contributed by atoms with Crippen LogP contribution in [0.15, 0.2) is 72.8 Å². The molecule has 0 saturated heterocycles. The van der Waals surface area contributed by atoms with Crippen LogP contribution in [0.4, 0.5) is 8.78 Å². The molecule has 1 N–H and O–H groups in total. The molecule has 3 rings (SSSR count). The maximum atomic E-state index is 13.7. The number of nitrogens with one attached hydrogen (secondary N) is 1. The van der Waals surface area contributed by atoms with Crippen molar-refractivity contribution < 1.29 is 13.5 Å². The second-order valence-corrected chi connectivity index (χ2v) is 6.01. The Bertz CT molecular complexity index is 857. The Balaban J connectivity index is 0.00000261. The predicted molar refractivity (Wildman–Crippen MR) is 106 cm³/mol. The summed E-state index contributed by atoms with van der Waals surface area (Å²) in [5.74, 6) is 0.269. The van der Waals surface area contributed by atoms with Crippen molar-refractivity contribution in [3.63, 3.8) is 0 Å². The fourth-order valence-corrected chi connectivity index (χ4v) is 2.71. The Kier molecular flexibility index (Phi) is 8.24. The van der Waals surface area contributed by atoms with E-state index in [-0.39, 0.29) is 30.6 Å². The van der Waals surface area contributed by atoms with E-state index in [1.807, 2.05) is 30.3 Å². The zero-order valence-electron chi connectivity index (χ0n) is 14.8. The molecule has 0 heterocycles. The molecule has 142 valence electrons.